The fourth-order valence-corrected chi connectivity index (χ4v) is 1.45. The monoisotopic (exact) mass is 221 g/mol. The van der Waals surface area contributed by atoms with Crippen LogP contribution >= 0.6 is 0 Å². The smallest absolute Gasteiger partial charge is 0.162 e. The number of rotatable bonds is 6. The molecule has 3 N–H and O–H groups in total. The maximum absolute atomic E-state index is 11.6. The first-order chi connectivity index (χ1) is 7.69. The van der Waals surface area contributed by atoms with Crippen molar-refractivity contribution in [2.24, 2.45) is 11.7 Å². The molecule has 16 heavy (non-hydrogen) atoms. The summed E-state index contributed by atoms with van der Waals surface area (Å²) in [6, 6.07) is 8.25. The molecule has 0 amide bonds. The summed E-state index contributed by atoms with van der Waals surface area (Å²) in [7, 11) is 0. The topological polar surface area (TPSA) is 80.4 Å². The van der Waals surface area contributed by atoms with Crippen molar-refractivity contribution in [2.75, 3.05) is 6.61 Å². The molecule has 4 nitrogen and oxygen atoms in total. The largest absolute Gasteiger partial charge is 0.394 e. The van der Waals surface area contributed by atoms with Gasteiger partial charge in [0, 0.05) is 0 Å². The molecule has 0 saturated carbocycles. The van der Waals surface area contributed by atoms with Gasteiger partial charge in [-0.1, -0.05) is 30.3 Å². The Morgan fingerprint density at radius 3 is 2.50 bits per heavy atom. The number of Topliss-reactive ketones (excluding diaryl/α,β-unsaturated/α-hetero) is 1. The van der Waals surface area contributed by atoms with Crippen molar-refractivity contribution in [3.05, 3.63) is 35.9 Å². The lowest BCUT2D eigenvalue weighted by molar-refractivity contribution is -0.128. The first-order valence-corrected chi connectivity index (χ1v) is 5.08. The summed E-state index contributed by atoms with van der Waals surface area (Å²) in [6.07, 6.45) is 0.918. The molecule has 0 bridgehead atoms. The van der Waals surface area contributed by atoms with Gasteiger partial charge in [0.2, 0.25) is 0 Å². The van der Waals surface area contributed by atoms with E-state index in [9.17, 15) is 9.59 Å². The number of aliphatic hydroxyl groups is 1. The van der Waals surface area contributed by atoms with Crippen LogP contribution in [0.2, 0.25) is 0 Å². The van der Waals surface area contributed by atoms with Gasteiger partial charge in [-0.3, -0.25) is 4.79 Å². The van der Waals surface area contributed by atoms with Crippen LogP contribution in [0.1, 0.15) is 5.56 Å². The minimum Gasteiger partial charge on any atom is -0.394 e. The molecule has 4 heteroatoms. The average molecular weight is 221 g/mol. The molecule has 0 aliphatic heterocycles. The van der Waals surface area contributed by atoms with Crippen LogP contribution in [0.25, 0.3) is 0 Å². The molecule has 2 atom stereocenters. The lowest BCUT2D eigenvalue weighted by atomic mass is 9.93. The van der Waals surface area contributed by atoms with Crippen LogP contribution in [0.15, 0.2) is 30.3 Å². The average Bonchev–Trinajstić information content (AvgIpc) is 2.35. The Kier molecular flexibility index (Phi) is 4.82. The maximum atomic E-state index is 11.6. The van der Waals surface area contributed by atoms with Crippen LogP contribution in [-0.2, 0) is 16.0 Å². The van der Waals surface area contributed by atoms with E-state index in [2.05, 4.69) is 0 Å². The van der Waals surface area contributed by atoms with Gasteiger partial charge >= 0.3 is 0 Å². The van der Waals surface area contributed by atoms with Gasteiger partial charge in [0.25, 0.3) is 0 Å². The number of hydrogen-bond donors (Lipinski definition) is 2. The summed E-state index contributed by atoms with van der Waals surface area (Å²) in [6.45, 7) is -0.433. The zero-order valence-corrected chi connectivity index (χ0v) is 8.87. The van der Waals surface area contributed by atoms with Crippen molar-refractivity contribution in [3.8, 4) is 0 Å². The van der Waals surface area contributed by atoms with E-state index in [1.165, 1.54) is 0 Å². The van der Waals surface area contributed by atoms with Crippen molar-refractivity contribution in [2.45, 2.75) is 12.5 Å². The Morgan fingerprint density at radius 2 is 2.00 bits per heavy atom. The summed E-state index contributed by atoms with van der Waals surface area (Å²) in [5.41, 5.74) is 6.29. The van der Waals surface area contributed by atoms with Gasteiger partial charge in [-0.2, -0.15) is 0 Å². The third kappa shape index (κ3) is 3.25. The van der Waals surface area contributed by atoms with Crippen molar-refractivity contribution in [1.29, 1.82) is 0 Å². The third-order valence-corrected chi connectivity index (χ3v) is 2.39. The van der Waals surface area contributed by atoms with Gasteiger partial charge in [0.05, 0.1) is 18.6 Å². The van der Waals surface area contributed by atoms with Crippen molar-refractivity contribution in [1.82, 2.24) is 0 Å². The zero-order chi connectivity index (χ0) is 12.0. The molecule has 1 aromatic carbocycles. The number of ketones is 1. The van der Waals surface area contributed by atoms with Crippen LogP contribution in [0.3, 0.4) is 0 Å². The van der Waals surface area contributed by atoms with Gasteiger partial charge < -0.3 is 15.6 Å². The molecule has 0 spiro atoms. The molecule has 0 aromatic heterocycles. The van der Waals surface area contributed by atoms with Gasteiger partial charge in [-0.25, -0.2) is 0 Å². The fraction of sp³-hybridized carbons (Fsp3) is 0.333. The Hall–Kier alpha value is -1.52. The van der Waals surface area contributed by atoms with E-state index in [-0.39, 0.29) is 0 Å². The normalized spacial score (nSPS) is 14.1. The molecule has 1 rings (SSSR count). The number of aldehydes is 1. The number of benzene rings is 1. The number of hydrogen-bond acceptors (Lipinski definition) is 4. The van der Waals surface area contributed by atoms with E-state index in [1.807, 2.05) is 30.3 Å². The molecule has 0 fully saturated rings. The van der Waals surface area contributed by atoms with Gasteiger partial charge in [0.1, 0.15) is 6.29 Å². The van der Waals surface area contributed by atoms with Gasteiger partial charge in [-0.05, 0) is 12.0 Å². The Morgan fingerprint density at radius 1 is 1.38 bits per heavy atom. The summed E-state index contributed by atoms with van der Waals surface area (Å²) >= 11 is 0. The summed E-state index contributed by atoms with van der Waals surface area (Å²) in [5.74, 6) is -1.19. The highest BCUT2D eigenvalue weighted by molar-refractivity contribution is 5.96. The third-order valence-electron chi connectivity index (χ3n) is 2.39. The van der Waals surface area contributed by atoms with Crippen LogP contribution in [0.5, 0.6) is 0 Å². The van der Waals surface area contributed by atoms with Gasteiger partial charge in [0.15, 0.2) is 5.78 Å². The Balaban J connectivity index is 2.69. The lowest BCUT2D eigenvalue weighted by Crippen LogP contribution is -2.39. The quantitative estimate of drug-likeness (QED) is 0.520. The van der Waals surface area contributed by atoms with Crippen molar-refractivity contribution < 1.29 is 14.7 Å². The van der Waals surface area contributed by atoms with E-state index in [4.69, 9.17) is 10.8 Å². The molecule has 86 valence electrons. The number of aliphatic hydroxyl groups excluding tert-OH is 1. The lowest BCUT2D eigenvalue weighted by Gasteiger charge is -2.13. The highest BCUT2D eigenvalue weighted by Crippen LogP contribution is 2.09. The van der Waals surface area contributed by atoms with E-state index < -0.39 is 24.3 Å². The molecular formula is C12H15NO3. The molecule has 0 heterocycles. The number of carbonyl (C=O) groups is 2. The molecular weight excluding hydrogens is 206 g/mol. The van der Waals surface area contributed by atoms with E-state index in [1.54, 1.807) is 0 Å². The molecule has 0 radical (unpaired) electrons. The minimum atomic E-state index is -0.973. The number of nitrogens with two attached hydrogens (primary N) is 1. The van der Waals surface area contributed by atoms with Gasteiger partial charge in [-0.15, -0.1) is 0 Å². The van der Waals surface area contributed by atoms with E-state index >= 15 is 0 Å². The SMILES string of the molecule is N[C@@H](CO)C(=O)C(C=O)Cc1ccccc1. The second-order valence-electron chi connectivity index (χ2n) is 3.62. The predicted molar refractivity (Wildman–Crippen MR) is 59.8 cm³/mol. The standard InChI is InChI=1S/C12H15NO3/c13-11(8-15)12(16)10(7-14)6-9-4-2-1-3-5-9/h1-5,7,10-11,15H,6,8,13H2/t10?,11-/m0/s1. The summed E-state index contributed by atoms with van der Waals surface area (Å²) in [5, 5.41) is 8.75. The first kappa shape index (κ1) is 12.5. The Bertz CT molecular complexity index is 351. The van der Waals surface area contributed by atoms with Crippen molar-refractivity contribution >= 4 is 12.1 Å². The second-order valence-corrected chi connectivity index (χ2v) is 3.62. The van der Waals surface area contributed by atoms with E-state index in [0.717, 1.165) is 5.56 Å². The molecule has 1 unspecified atom stereocenters. The van der Waals surface area contributed by atoms with Crippen LogP contribution in [-0.4, -0.2) is 29.8 Å². The summed E-state index contributed by atoms with van der Waals surface area (Å²) < 4.78 is 0. The Labute approximate surface area is 94.1 Å². The number of carbonyl (C=O) groups excluding carboxylic acids is 2. The first-order valence-electron chi connectivity index (χ1n) is 5.08. The summed E-state index contributed by atoms with van der Waals surface area (Å²) in [4.78, 5) is 22.4. The van der Waals surface area contributed by atoms with Crippen LogP contribution < -0.4 is 5.73 Å². The highest BCUT2D eigenvalue weighted by Gasteiger charge is 2.23. The molecule has 0 saturated heterocycles. The molecule has 0 aliphatic carbocycles. The van der Waals surface area contributed by atoms with Crippen molar-refractivity contribution in [3.63, 3.8) is 0 Å². The fourth-order valence-electron chi connectivity index (χ4n) is 1.45. The van der Waals surface area contributed by atoms with Crippen LogP contribution in [0, 0.1) is 5.92 Å². The molecule has 0 aliphatic rings. The highest BCUT2D eigenvalue weighted by atomic mass is 16.3. The zero-order valence-electron chi connectivity index (χ0n) is 8.87. The predicted octanol–water partition coefficient (Wildman–Crippen LogP) is -0.0671. The minimum absolute atomic E-state index is 0.330. The van der Waals surface area contributed by atoms with E-state index in [0.29, 0.717) is 12.7 Å². The maximum Gasteiger partial charge on any atom is 0.162 e. The molecule has 1 aromatic rings. The van der Waals surface area contributed by atoms with Crippen LogP contribution in [0.4, 0.5) is 0 Å². The second kappa shape index (κ2) is 6.15.